The minimum atomic E-state index is -5.08. The molecule has 1 spiro atoms. The second kappa shape index (κ2) is 11.3. The molecule has 2 aromatic heterocycles. The molecule has 1 atom stereocenters. The summed E-state index contributed by atoms with van der Waals surface area (Å²) in [5, 5.41) is 7.12. The number of rotatable bonds is 4. The number of alkyl halides is 3. The van der Waals surface area contributed by atoms with E-state index in [1.165, 1.54) is 5.69 Å². The van der Waals surface area contributed by atoms with Crippen LogP contribution < -0.4 is 0 Å². The first kappa shape index (κ1) is 27.9. The highest BCUT2D eigenvalue weighted by atomic mass is 19.4. The number of aliphatic carboxylic acids is 1. The van der Waals surface area contributed by atoms with Crippen LogP contribution in [0.5, 0.6) is 0 Å². The third-order valence-electron chi connectivity index (χ3n) is 7.92. The Morgan fingerprint density at radius 2 is 1.76 bits per heavy atom. The zero-order valence-corrected chi connectivity index (χ0v) is 21.5. The molecule has 3 aliphatic heterocycles. The molecule has 0 aliphatic carbocycles. The summed E-state index contributed by atoms with van der Waals surface area (Å²) in [6.07, 6.45) is 3.61. The monoisotopic (exact) mass is 537 g/mol. The van der Waals surface area contributed by atoms with Crippen LogP contribution in [0.2, 0.25) is 0 Å². The van der Waals surface area contributed by atoms with Crippen LogP contribution in [0.4, 0.5) is 13.2 Å². The van der Waals surface area contributed by atoms with Crippen LogP contribution >= 0.6 is 0 Å². The molecule has 3 fully saturated rings. The van der Waals surface area contributed by atoms with E-state index in [1.54, 1.807) is 0 Å². The smallest absolute Gasteiger partial charge is 0.475 e. The van der Waals surface area contributed by atoms with Gasteiger partial charge in [-0.3, -0.25) is 14.5 Å². The number of carboxylic acids is 1. The number of imidazole rings is 1. The van der Waals surface area contributed by atoms with Gasteiger partial charge in [-0.15, -0.1) is 0 Å². The molecule has 1 unspecified atom stereocenters. The van der Waals surface area contributed by atoms with E-state index < -0.39 is 12.1 Å². The largest absolute Gasteiger partial charge is 0.490 e. The van der Waals surface area contributed by atoms with Crippen molar-refractivity contribution in [3.63, 3.8) is 0 Å². The van der Waals surface area contributed by atoms with E-state index in [-0.39, 0.29) is 23.9 Å². The molecule has 3 aliphatic rings. The molecular formula is C26H34F3N5O4. The minimum absolute atomic E-state index is 0.133. The molecular weight excluding hydrogens is 503 g/mol. The zero-order chi connectivity index (χ0) is 27.5. The standard InChI is InChI=1S/C24H33N5O2.C2HF3O2/c1-19-20(25-21-7-2-3-15-28(19)21)17-26-12-6-9-24(11-16-26)10-8-22(30)29(24)18-23(31)27-13-4-5-14-27;3-2(4,5)1(6)7/h2-3,7,15H,4-6,8-14,16-18H2,1H3;(H,6,7). The van der Waals surface area contributed by atoms with Gasteiger partial charge in [-0.2, -0.15) is 13.2 Å². The van der Waals surface area contributed by atoms with Crippen molar-refractivity contribution in [2.24, 2.45) is 0 Å². The maximum Gasteiger partial charge on any atom is 0.490 e. The van der Waals surface area contributed by atoms with E-state index in [2.05, 4.69) is 22.4 Å². The van der Waals surface area contributed by atoms with Crippen molar-refractivity contribution in [1.82, 2.24) is 24.1 Å². The summed E-state index contributed by atoms with van der Waals surface area (Å²) in [6, 6.07) is 6.11. The van der Waals surface area contributed by atoms with E-state index in [4.69, 9.17) is 14.9 Å². The SMILES string of the molecule is Cc1c(CN2CCCC3(CCC(=O)N3CC(=O)N3CCCC3)CC2)nc2ccccn12.O=C(O)C(F)(F)F. The average molecular weight is 538 g/mol. The Morgan fingerprint density at radius 3 is 2.42 bits per heavy atom. The zero-order valence-electron chi connectivity index (χ0n) is 21.5. The Bertz CT molecular complexity index is 1180. The molecule has 38 heavy (non-hydrogen) atoms. The third kappa shape index (κ3) is 6.11. The summed E-state index contributed by atoms with van der Waals surface area (Å²) in [5.74, 6) is -2.46. The number of hydrogen-bond donors (Lipinski definition) is 1. The fraction of sp³-hybridized carbons (Fsp3) is 0.615. The summed E-state index contributed by atoms with van der Waals surface area (Å²) in [5.41, 5.74) is 3.18. The molecule has 208 valence electrons. The molecule has 5 rings (SSSR count). The lowest BCUT2D eigenvalue weighted by molar-refractivity contribution is -0.192. The number of carboxylic acid groups (broad SMARTS) is 1. The van der Waals surface area contributed by atoms with E-state index in [0.29, 0.717) is 6.42 Å². The molecule has 3 saturated heterocycles. The normalized spacial score (nSPS) is 22.6. The van der Waals surface area contributed by atoms with Crippen LogP contribution in [0.3, 0.4) is 0 Å². The van der Waals surface area contributed by atoms with E-state index in [0.717, 1.165) is 82.6 Å². The molecule has 0 saturated carbocycles. The van der Waals surface area contributed by atoms with Gasteiger partial charge < -0.3 is 19.3 Å². The highest BCUT2D eigenvalue weighted by Crippen LogP contribution is 2.39. The fourth-order valence-corrected chi connectivity index (χ4v) is 5.77. The van der Waals surface area contributed by atoms with Gasteiger partial charge in [-0.05, 0) is 64.1 Å². The van der Waals surface area contributed by atoms with Gasteiger partial charge in [0.05, 0.1) is 5.69 Å². The second-order valence-corrected chi connectivity index (χ2v) is 10.3. The minimum Gasteiger partial charge on any atom is -0.475 e. The molecule has 9 nitrogen and oxygen atoms in total. The van der Waals surface area contributed by atoms with Gasteiger partial charge in [0, 0.05) is 50.0 Å². The van der Waals surface area contributed by atoms with Crippen molar-refractivity contribution in [3.05, 3.63) is 35.8 Å². The van der Waals surface area contributed by atoms with Crippen LogP contribution in [-0.2, 0) is 20.9 Å². The predicted molar refractivity (Wildman–Crippen MR) is 132 cm³/mol. The first-order valence-corrected chi connectivity index (χ1v) is 13.0. The van der Waals surface area contributed by atoms with Gasteiger partial charge in [-0.1, -0.05) is 6.07 Å². The van der Waals surface area contributed by atoms with Gasteiger partial charge in [-0.25, -0.2) is 9.78 Å². The highest BCUT2D eigenvalue weighted by molar-refractivity contribution is 5.87. The van der Waals surface area contributed by atoms with E-state index >= 15 is 0 Å². The summed E-state index contributed by atoms with van der Waals surface area (Å²) in [6.45, 7) is 6.89. The van der Waals surface area contributed by atoms with Crippen molar-refractivity contribution < 1.29 is 32.7 Å². The number of carbonyl (C=O) groups excluding carboxylic acids is 2. The highest BCUT2D eigenvalue weighted by Gasteiger charge is 2.46. The Balaban J connectivity index is 0.000000426. The molecule has 0 bridgehead atoms. The molecule has 0 radical (unpaired) electrons. The Morgan fingerprint density at radius 1 is 1.05 bits per heavy atom. The fourth-order valence-electron chi connectivity index (χ4n) is 5.77. The number of aromatic nitrogens is 2. The van der Waals surface area contributed by atoms with Gasteiger partial charge >= 0.3 is 12.1 Å². The number of carbonyl (C=O) groups is 3. The van der Waals surface area contributed by atoms with Gasteiger partial charge in [0.1, 0.15) is 12.2 Å². The Kier molecular flexibility index (Phi) is 8.29. The molecule has 2 aromatic rings. The quantitative estimate of drug-likeness (QED) is 0.643. The first-order chi connectivity index (χ1) is 18.0. The van der Waals surface area contributed by atoms with Crippen LogP contribution in [0.25, 0.3) is 5.65 Å². The van der Waals surface area contributed by atoms with Crippen LogP contribution in [0.1, 0.15) is 56.3 Å². The van der Waals surface area contributed by atoms with Crippen molar-refractivity contribution in [1.29, 1.82) is 0 Å². The summed E-state index contributed by atoms with van der Waals surface area (Å²) in [4.78, 5) is 45.7. The summed E-state index contributed by atoms with van der Waals surface area (Å²) >= 11 is 0. The Labute approximate surface area is 219 Å². The number of likely N-dealkylation sites (tertiary alicyclic amines) is 3. The predicted octanol–water partition coefficient (Wildman–Crippen LogP) is 3.25. The van der Waals surface area contributed by atoms with Gasteiger partial charge in [0.2, 0.25) is 11.8 Å². The summed E-state index contributed by atoms with van der Waals surface area (Å²) < 4.78 is 33.9. The van der Waals surface area contributed by atoms with E-state index in [9.17, 15) is 22.8 Å². The van der Waals surface area contributed by atoms with Crippen LogP contribution in [-0.4, -0.2) is 91.4 Å². The maximum absolute atomic E-state index is 12.8. The number of pyridine rings is 1. The Hall–Kier alpha value is -3.15. The topological polar surface area (TPSA) is 98.5 Å². The van der Waals surface area contributed by atoms with E-state index in [1.807, 2.05) is 28.0 Å². The lowest BCUT2D eigenvalue weighted by atomic mass is 9.87. The van der Waals surface area contributed by atoms with Crippen LogP contribution in [0, 0.1) is 6.92 Å². The van der Waals surface area contributed by atoms with Crippen molar-refractivity contribution in [2.45, 2.75) is 70.1 Å². The van der Waals surface area contributed by atoms with Crippen LogP contribution in [0.15, 0.2) is 24.4 Å². The molecule has 0 aromatic carbocycles. The van der Waals surface area contributed by atoms with Crippen molar-refractivity contribution >= 4 is 23.4 Å². The average Bonchev–Trinajstić information content (AvgIpc) is 3.54. The number of fused-ring (bicyclic) bond motifs is 1. The number of halogens is 3. The van der Waals surface area contributed by atoms with Crippen molar-refractivity contribution in [2.75, 3.05) is 32.7 Å². The second-order valence-electron chi connectivity index (χ2n) is 10.3. The number of amides is 2. The molecule has 5 heterocycles. The molecule has 1 N–H and O–H groups in total. The number of hydrogen-bond acceptors (Lipinski definition) is 5. The molecule has 2 amide bonds. The lowest BCUT2D eigenvalue weighted by Gasteiger charge is -2.38. The van der Waals surface area contributed by atoms with Crippen molar-refractivity contribution in [3.8, 4) is 0 Å². The maximum atomic E-state index is 12.8. The van der Waals surface area contributed by atoms with Gasteiger partial charge in [0.15, 0.2) is 0 Å². The number of nitrogens with zero attached hydrogens (tertiary/aromatic N) is 5. The summed E-state index contributed by atoms with van der Waals surface area (Å²) in [7, 11) is 0. The lowest BCUT2D eigenvalue weighted by Crippen LogP contribution is -2.51. The van der Waals surface area contributed by atoms with Gasteiger partial charge in [0.25, 0.3) is 0 Å². The number of aryl methyl sites for hydroxylation is 1. The molecule has 12 heteroatoms. The third-order valence-corrected chi connectivity index (χ3v) is 7.92. The first-order valence-electron chi connectivity index (χ1n) is 13.0.